The molecule has 1 aromatic heterocycles. The quantitative estimate of drug-likeness (QED) is 0.793. The number of rotatable bonds is 6. The van der Waals surface area contributed by atoms with Crippen LogP contribution < -0.4 is 5.32 Å². The van der Waals surface area contributed by atoms with E-state index >= 15 is 0 Å². The van der Waals surface area contributed by atoms with Crippen molar-refractivity contribution in [2.45, 2.75) is 58.9 Å². The Kier molecular flexibility index (Phi) is 5.90. The third-order valence-corrected chi connectivity index (χ3v) is 5.43. The number of thiophene rings is 1. The third kappa shape index (κ3) is 4.32. The van der Waals surface area contributed by atoms with Gasteiger partial charge in [0.1, 0.15) is 0 Å². The molecule has 1 saturated carbocycles. The van der Waals surface area contributed by atoms with Crippen LogP contribution in [0, 0.1) is 17.8 Å². The maximum absolute atomic E-state index is 3.80. The van der Waals surface area contributed by atoms with Crippen molar-refractivity contribution in [3.05, 3.63) is 22.4 Å². The first kappa shape index (κ1) is 15.1. The highest BCUT2D eigenvalue weighted by atomic mass is 32.1. The maximum Gasteiger partial charge on any atom is 0.00987 e. The second kappa shape index (κ2) is 7.44. The van der Waals surface area contributed by atoms with E-state index in [1.807, 2.05) is 11.3 Å². The van der Waals surface area contributed by atoms with Gasteiger partial charge in [-0.1, -0.05) is 20.8 Å². The van der Waals surface area contributed by atoms with E-state index in [2.05, 4.69) is 42.9 Å². The molecule has 0 radical (unpaired) electrons. The highest BCUT2D eigenvalue weighted by Crippen LogP contribution is 2.35. The smallest absolute Gasteiger partial charge is 0.00987 e. The van der Waals surface area contributed by atoms with Crippen molar-refractivity contribution < 1.29 is 0 Å². The monoisotopic (exact) mass is 279 g/mol. The number of nitrogens with one attached hydrogen (secondary N) is 1. The molecule has 1 fully saturated rings. The molecule has 1 nitrogen and oxygen atoms in total. The minimum atomic E-state index is 0.745. The standard InChI is InChI=1S/C17H29NS/c1-4-8-18-17-6-5-15(13(2)3)11-16(17)10-14-7-9-19-12-14/h7,9,12-13,15-18H,4-6,8,10-11H2,1-3H3. The molecule has 2 heteroatoms. The summed E-state index contributed by atoms with van der Waals surface area (Å²) in [6, 6.07) is 3.05. The Morgan fingerprint density at radius 3 is 2.84 bits per heavy atom. The topological polar surface area (TPSA) is 12.0 Å². The van der Waals surface area contributed by atoms with Crippen LogP contribution in [0.3, 0.4) is 0 Å². The van der Waals surface area contributed by atoms with Crippen molar-refractivity contribution in [1.29, 1.82) is 0 Å². The van der Waals surface area contributed by atoms with Crippen LogP contribution >= 0.6 is 11.3 Å². The van der Waals surface area contributed by atoms with Gasteiger partial charge in [0.05, 0.1) is 0 Å². The second-order valence-electron chi connectivity index (χ2n) is 6.47. The van der Waals surface area contributed by atoms with Gasteiger partial charge in [-0.05, 0) is 78.8 Å². The van der Waals surface area contributed by atoms with E-state index in [1.54, 1.807) is 5.56 Å². The summed E-state index contributed by atoms with van der Waals surface area (Å²) in [5.74, 6) is 2.61. The van der Waals surface area contributed by atoms with Crippen molar-refractivity contribution in [2.75, 3.05) is 6.54 Å². The van der Waals surface area contributed by atoms with Crippen molar-refractivity contribution in [3.8, 4) is 0 Å². The highest BCUT2D eigenvalue weighted by Gasteiger charge is 2.31. The van der Waals surface area contributed by atoms with Gasteiger partial charge in [-0.2, -0.15) is 11.3 Å². The molecule has 0 aliphatic heterocycles. The fraction of sp³-hybridized carbons (Fsp3) is 0.765. The van der Waals surface area contributed by atoms with E-state index in [0.717, 1.165) is 23.8 Å². The van der Waals surface area contributed by atoms with E-state index in [0.29, 0.717) is 0 Å². The average molecular weight is 279 g/mol. The van der Waals surface area contributed by atoms with Gasteiger partial charge in [-0.15, -0.1) is 0 Å². The molecule has 1 N–H and O–H groups in total. The molecule has 1 aromatic rings. The molecule has 1 heterocycles. The predicted molar refractivity (Wildman–Crippen MR) is 85.8 cm³/mol. The lowest BCUT2D eigenvalue weighted by Crippen LogP contribution is -2.42. The van der Waals surface area contributed by atoms with Gasteiger partial charge < -0.3 is 5.32 Å². The molecule has 0 spiro atoms. The van der Waals surface area contributed by atoms with Gasteiger partial charge in [0.25, 0.3) is 0 Å². The van der Waals surface area contributed by atoms with Crippen LogP contribution in [0.4, 0.5) is 0 Å². The Morgan fingerprint density at radius 1 is 1.37 bits per heavy atom. The van der Waals surface area contributed by atoms with Crippen LogP contribution in [0.1, 0.15) is 52.0 Å². The predicted octanol–water partition coefficient (Wildman–Crippen LogP) is 4.73. The van der Waals surface area contributed by atoms with Gasteiger partial charge >= 0.3 is 0 Å². The van der Waals surface area contributed by atoms with Gasteiger partial charge in [0.2, 0.25) is 0 Å². The Morgan fingerprint density at radius 2 is 2.21 bits per heavy atom. The summed E-state index contributed by atoms with van der Waals surface area (Å²) in [4.78, 5) is 0. The summed E-state index contributed by atoms with van der Waals surface area (Å²) in [6.45, 7) is 8.23. The largest absolute Gasteiger partial charge is 0.314 e. The van der Waals surface area contributed by atoms with Crippen molar-refractivity contribution in [1.82, 2.24) is 5.32 Å². The molecule has 0 amide bonds. The fourth-order valence-electron chi connectivity index (χ4n) is 3.44. The van der Waals surface area contributed by atoms with E-state index in [1.165, 1.54) is 38.6 Å². The first-order chi connectivity index (χ1) is 9.20. The molecule has 0 saturated heterocycles. The van der Waals surface area contributed by atoms with Crippen LogP contribution in [0.5, 0.6) is 0 Å². The summed E-state index contributed by atoms with van der Waals surface area (Å²) < 4.78 is 0. The molecule has 1 aliphatic carbocycles. The molecule has 19 heavy (non-hydrogen) atoms. The maximum atomic E-state index is 3.80. The molecule has 1 aliphatic rings. The summed E-state index contributed by atoms with van der Waals surface area (Å²) in [6.07, 6.45) is 6.72. The summed E-state index contributed by atoms with van der Waals surface area (Å²) in [5.41, 5.74) is 1.54. The molecular weight excluding hydrogens is 250 g/mol. The zero-order valence-electron chi connectivity index (χ0n) is 12.7. The van der Waals surface area contributed by atoms with Gasteiger partial charge in [-0.25, -0.2) is 0 Å². The Hall–Kier alpha value is -0.340. The first-order valence-corrected chi connectivity index (χ1v) is 8.89. The van der Waals surface area contributed by atoms with Crippen LogP contribution in [0.2, 0.25) is 0 Å². The van der Waals surface area contributed by atoms with E-state index < -0.39 is 0 Å². The third-order valence-electron chi connectivity index (χ3n) is 4.70. The Balaban J connectivity index is 1.97. The minimum absolute atomic E-state index is 0.745. The molecular formula is C17H29NS. The van der Waals surface area contributed by atoms with Crippen LogP contribution in [-0.4, -0.2) is 12.6 Å². The molecule has 0 aromatic carbocycles. The molecule has 3 atom stereocenters. The van der Waals surface area contributed by atoms with Crippen molar-refractivity contribution >= 4 is 11.3 Å². The summed E-state index contributed by atoms with van der Waals surface area (Å²) in [7, 11) is 0. The molecule has 2 rings (SSSR count). The fourth-order valence-corrected chi connectivity index (χ4v) is 4.12. The van der Waals surface area contributed by atoms with E-state index in [9.17, 15) is 0 Å². The number of hydrogen-bond acceptors (Lipinski definition) is 2. The lowest BCUT2D eigenvalue weighted by Gasteiger charge is -2.38. The minimum Gasteiger partial charge on any atom is -0.314 e. The van der Waals surface area contributed by atoms with Crippen LogP contribution in [0.15, 0.2) is 16.8 Å². The first-order valence-electron chi connectivity index (χ1n) is 7.95. The summed E-state index contributed by atoms with van der Waals surface area (Å²) in [5, 5.41) is 8.34. The SMILES string of the molecule is CCCNC1CCC(C(C)C)CC1Cc1ccsc1. The lowest BCUT2D eigenvalue weighted by atomic mass is 9.72. The Labute approximate surface area is 122 Å². The van der Waals surface area contributed by atoms with Gasteiger partial charge in [0.15, 0.2) is 0 Å². The highest BCUT2D eigenvalue weighted by molar-refractivity contribution is 7.07. The van der Waals surface area contributed by atoms with Crippen molar-refractivity contribution in [2.24, 2.45) is 17.8 Å². The van der Waals surface area contributed by atoms with Gasteiger partial charge in [0, 0.05) is 6.04 Å². The second-order valence-corrected chi connectivity index (χ2v) is 7.25. The normalized spacial score (nSPS) is 27.9. The molecule has 108 valence electrons. The van der Waals surface area contributed by atoms with Gasteiger partial charge in [-0.3, -0.25) is 0 Å². The van der Waals surface area contributed by atoms with Crippen LogP contribution in [-0.2, 0) is 6.42 Å². The molecule has 3 unspecified atom stereocenters. The van der Waals surface area contributed by atoms with Crippen molar-refractivity contribution in [3.63, 3.8) is 0 Å². The zero-order chi connectivity index (χ0) is 13.7. The summed E-state index contributed by atoms with van der Waals surface area (Å²) >= 11 is 1.83. The average Bonchev–Trinajstić information content (AvgIpc) is 2.90. The van der Waals surface area contributed by atoms with E-state index in [-0.39, 0.29) is 0 Å². The molecule has 0 bridgehead atoms. The number of hydrogen-bond donors (Lipinski definition) is 1. The van der Waals surface area contributed by atoms with Crippen LogP contribution in [0.25, 0.3) is 0 Å². The lowest BCUT2D eigenvalue weighted by molar-refractivity contribution is 0.168. The Bertz CT molecular complexity index is 344. The zero-order valence-corrected chi connectivity index (χ0v) is 13.5. The van der Waals surface area contributed by atoms with E-state index in [4.69, 9.17) is 0 Å².